The van der Waals surface area contributed by atoms with Crippen LogP contribution >= 0.6 is 27.3 Å². The summed E-state index contributed by atoms with van der Waals surface area (Å²) >= 11 is 4.86. The molecule has 2 aromatic rings. The van der Waals surface area contributed by atoms with Crippen LogP contribution in [0.3, 0.4) is 0 Å². The van der Waals surface area contributed by atoms with Gasteiger partial charge < -0.3 is 5.73 Å². The largest absolute Gasteiger partial charge is 0.399 e. The summed E-state index contributed by atoms with van der Waals surface area (Å²) in [6.45, 7) is 1.98. The third kappa shape index (κ3) is 2.18. The smallest absolute Gasteiger partial charge is 0.204 e. The number of thiophene rings is 1. The summed E-state index contributed by atoms with van der Waals surface area (Å²) in [5.41, 5.74) is 6.89. The first kappa shape index (κ1) is 11.4. The summed E-state index contributed by atoms with van der Waals surface area (Å²) in [5, 5.41) is 0. The number of carbonyl (C=O) groups excluding carboxylic acids is 1. The molecule has 0 aliphatic rings. The van der Waals surface area contributed by atoms with Crippen LogP contribution in [0.15, 0.2) is 34.8 Å². The number of nitrogen functional groups attached to an aromatic ring is 1. The quantitative estimate of drug-likeness (QED) is 0.679. The van der Waals surface area contributed by atoms with E-state index in [-0.39, 0.29) is 5.78 Å². The topological polar surface area (TPSA) is 43.1 Å². The molecular weight excluding hydrogens is 286 g/mol. The number of carbonyl (C=O) groups is 1. The van der Waals surface area contributed by atoms with E-state index in [4.69, 9.17) is 5.73 Å². The molecule has 0 unspecified atom stereocenters. The highest BCUT2D eigenvalue weighted by Crippen LogP contribution is 2.25. The molecule has 0 amide bonds. The fourth-order valence-electron chi connectivity index (χ4n) is 1.41. The summed E-state index contributed by atoms with van der Waals surface area (Å²) in [5.74, 6) is 0.0114. The molecule has 0 radical (unpaired) electrons. The van der Waals surface area contributed by atoms with E-state index in [9.17, 15) is 4.79 Å². The second-order valence-corrected chi connectivity index (χ2v) is 5.62. The molecule has 0 fully saturated rings. The van der Waals surface area contributed by atoms with E-state index >= 15 is 0 Å². The molecule has 1 aromatic heterocycles. The van der Waals surface area contributed by atoms with E-state index < -0.39 is 0 Å². The molecule has 0 aliphatic heterocycles. The minimum absolute atomic E-state index is 0.0114. The zero-order chi connectivity index (χ0) is 11.7. The maximum absolute atomic E-state index is 12.2. The SMILES string of the molecule is Cc1ccc(C(=O)c2cc(N)ccc2Br)s1. The van der Waals surface area contributed by atoms with Crippen molar-refractivity contribution >= 4 is 38.7 Å². The minimum atomic E-state index is 0.0114. The van der Waals surface area contributed by atoms with Crippen molar-refractivity contribution < 1.29 is 4.79 Å². The molecule has 4 heteroatoms. The minimum Gasteiger partial charge on any atom is -0.399 e. The zero-order valence-corrected chi connectivity index (χ0v) is 11.1. The summed E-state index contributed by atoms with van der Waals surface area (Å²) in [6.07, 6.45) is 0. The molecule has 0 spiro atoms. The van der Waals surface area contributed by atoms with Crippen LogP contribution in [0.25, 0.3) is 0 Å². The maximum atomic E-state index is 12.2. The van der Waals surface area contributed by atoms with Gasteiger partial charge in [0, 0.05) is 20.6 Å². The number of ketones is 1. The van der Waals surface area contributed by atoms with Gasteiger partial charge in [0.25, 0.3) is 0 Å². The van der Waals surface area contributed by atoms with Crippen LogP contribution in [0, 0.1) is 6.92 Å². The van der Waals surface area contributed by atoms with Gasteiger partial charge in [-0.25, -0.2) is 0 Å². The predicted molar refractivity (Wildman–Crippen MR) is 71.0 cm³/mol. The first-order valence-corrected chi connectivity index (χ1v) is 6.35. The lowest BCUT2D eigenvalue weighted by atomic mass is 10.1. The molecule has 2 nitrogen and oxygen atoms in total. The molecule has 2 rings (SSSR count). The molecule has 0 saturated heterocycles. The van der Waals surface area contributed by atoms with Crippen molar-refractivity contribution in [2.45, 2.75) is 6.92 Å². The fraction of sp³-hybridized carbons (Fsp3) is 0.0833. The number of hydrogen-bond acceptors (Lipinski definition) is 3. The second-order valence-electron chi connectivity index (χ2n) is 3.48. The van der Waals surface area contributed by atoms with Crippen molar-refractivity contribution in [2.75, 3.05) is 5.73 Å². The number of anilines is 1. The lowest BCUT2D eigenvalue weighted by molar-refractivity contribution is 0.104. The number of rotatable bonds is 2. The monoisotopic (exact) mass is 295 g/mol. The molecule has 2 N–H and O–H groups in total. The third-order valence-electron chi connectivity index (χ3n) is 2.20. The van der Waals surface area contributed by atoms with Crippen molar-refractivity contribution in [1.82, 2.24) is 0 Å². The highest BCUT2D eigenvalue weighted by atomic mass is 79.9. The Bertz CT molecular complexity index is 548. The first-order chi connectivity index (χ1) is 7.58. The van der Waals surface area contributed by atoms with E-state index in [0.717, 1.165) is 14.2 Å². The van der Waals surface area contributed by atoms with Crippen LogP contribution in [-0.2, 0) is 0 Å². The average Bonchev–Trinajstić information content (AvgIpc) is 2.67. The number of benzene rings is 1. The third-order valence-corrected chi connectivity index (χ3v) is 3.89. The van der Waals surface area contributed by atoms with Gasteiger partial charge in [-0.2, -0.15) is 0 Å². The van der Waals surface area contributed by atoms with Gasteiger partial charge in [0.15, 0.2) is 0 Å². The number of aryl methyl sites for hydroxylation is 1. The fourth-order valence-corrected chi connectivity index (χ4v) is 2.65. The van der Waals surface area contributed by atoms with Gasteiger partial charge in [-0.05, 0) is 37.3 Å². The highest BCUT2D eigenvalue weighted by Gasteiger charge is 2.14. The van der Waals surface area contributed by atoms with Crippen LogP contribution in [0.1, 0.15) is 20.1 Å². The van der Waals surface area contributed by atoms with Crippen molar-refractivity contribution in [2.24, 2.45) is 0 Å². The molecule has 1 heterocycles. The Morgan fingerprint density at radius 3 is 2.69 bits per heavy atom. The predicted octanol–water partition coefficient (Wildman–Crippen LogP) is 3.63. The molecule has 82 valence electrons. The van der Waals surface area contributed by atoms with E-state index in [1.807, 2.05) is 19.1 Å². The van der Waals surface area contributed by atoms with Gasteiger partial charge in [-0.3, -0.25) is 4.79 Å². The van der Waals surface area contributed by atoms with Gasteiger partial charge in [0.05, 0.1) is 4.88 Å². The Morgan fingerprint density at radius 2 is 2.06 bits per heavy atom. The molecule has 0 saturated carbocycles. The van der Waals surface area contributed by atoms with Crippen molar-refractivity contribution in [3.05, 3.63) is 50.1 Å². The summed E-state index contributed by atoms with van der Waals surface area (Å²) in [7, 11) is 0. The van der Waals surface area contributed by atoms with Gasteiger partial charge >= 0.3 is 0 Å². The molecule has 0 atom stereocenters. The zero-order valence-electron chi connectivity index (χ0n) is 8.66. The van der Waals surface area contributed by atoms with Crippen molar-refractivity contribution in [3.63, 3.8) is 0 Å². The van der Waals surface area contributed by atoms with Crippen molar-refractivity contribution in [3.8, 4) is 0 Å². The summed E-state index contributed by atoms with van der Waals surface area (Å²) in [4.78, 5) is 14.0. The standard InChI is InChI=1S/C12H10BrNOS/c1-7-2-5-11(16-7)12(15)9-6-8(14)3-4-10(9)13/h2-6H,14H2,1H3. The highest BCUT2D eigenvalue weighted by molar-refractivity contribution is 9.10. The van der Waals surface area contributed by atoms with Crippen LogP contribution < -0.4 is 5.73 Å². The Morgan fingerprint density at radius 1 is 1.31 bits per heavy atom. The van der Waals surface area contributed by atoms with Crippen LogP contribution in [-0.4, -0.2) is 5.78 Å². The summed E-state index contributed by atoms with van der Waals surface area (Å²) < 4.78 is 0.776. The number of halogens is 1. The van der Waals surface area contributed by atoms with Gasteiger partial charge in [0.1, 0.15) is 0 Å². The lowest BCUT2D eigenvalue weighted by Crippen LogP contribution is -2.01. The summed E-state index contributed by atoms with van der Waals surface area (Å²) in [6, 6.07) is 9.04. The molecular formula is C12H10BrNOS. The Hall–Kier alpha value is -1.13. The van der Waals surface area contributed by atoms with Gasteiger partial charge in [0.2, 0.25) is 5.78 Å². The van der Waals surface area contributed by atoms with E-state index in [1.165, 1.54) is 11.3 Å². The number of hydrogen-bond donors (Lipinski definition) is 1. The lowest BCUT2D eigenvalue weighted by Gasteiger charge is -2.03. The molecule has 0 aliphatic carbocycles. The maximum Gasteiger partial charge on any atom is 0.204 e. The molecule has 16 heavy (non-hydrogen) atoms. The Kier molecular flexibility index (Phi) is 3.12. The van der Waals surface area contributed by atoms with Crippen LogP contribution in [0.4, 0.5) is 5.69 Å². The van der Waals surface area contributed by atoms with E-state index in [1.54, 1.807) is 18.2 Å². The van der Waals surface area contributed by atoms with Crippen LogP contribution in [0.2, 0.25) is 0 Å². The number of nitrogens with two attached hydrogens (primary N) is 1. The molecule has 1 aromatic carbocycles. The van der Waals surface area contributed by atoms with E-state index in [2.05, 4.69) is 15.9 Å². The van der Waals surface area contributed by atoms with Crippen LogP contribution in [0.5, 0.6) is 0 Å². The van der Waals surface area contributed by atoms with Gasteiger partial charge in [-0.1, -0.05) is 15.9 Å². The second kappa shape index (κ2) is 4.39. The molecule has 0 bridgehead atoms. The average molecular weight is 296 g/mol. The van der Waals surface area contributed by atoms with Crippen molar-refractivity contribution in [1.29, 1.82) is 0 Å². The van der Waals surface area contributed by atoms with E-state index in [0.29, 0.717) is 11.3 Å². The Labute approximate surface area is 106 Å². The Balaban J connectivity index is 2.45. The van der Waals surface area contributed by atoms with Gasteiger partial charge in [-0.15, -0.1) is 11.3 Å². The normalized spacial score (nSPS) is 10.4. The first-order valence-electron chi connectivity index (χ1n) is 4.74.